The molecule has 5 heteroatoms. The van der Waals surface area contributed by atoms with Crippen molar-refractivity contribution in [3.05, 3.63) is 42.0 Å². The Morgan fingerprint density at radius 1 is 1.30 bits per heavy atom. The van der Waals surface area contributed by atoms with E-state index in [9.17, 15) is 0 Å². The Hall–Kier alpha value is -0.740. The van der Waals surface area contributed by atoms with Crippen molar-refractivity contribution in [1.29, 1.82) is 0 Å². The summed E-state index contributed by atoms with van der Waals surface area (Å²) in [6.45, 7) is 10.4. The van der Waals surface area contributed by atoms with Crippen LogP contribution in [0.5, 0.6) is 5.75 Å². The molecule has 1 N–H and O–H groups in total. The van der Waals surface area contributed by atoms with Crippen molar-refractivity contribution in [2.45, 2.75) is 13.0 Å². The van der Waals surface area contributed by atoms with Gasteiger partial charge in [0.1, 0.15) is 5.75 Å². The zero-order valence-electron chi connectivity index (χ0n) is 12.1. The second-order valence-corrected chi connectivity index (χ2v) is 4.69. The number of aryl methyl sites for hydroxylation is 1. The number of methoxy groups -OCH3 is 1. The molecule has 1 aliphatic heterocycles. The van der Waals surface area contributed by atoms with Crippen LogP contribution in [0.4, 0.5) is 0 Å². The Kier molecular flexibility index (Phi) is 8.90. The molecule has 1 saturated heterocycles. The van der Waals surface area contributed by atoms with Crippen LogP contribution in [0.25, 0.3) is 0 Å². The van der Waals surface area contributed by atoms with E-state index in [-0.39, 0.29) is 24.8 Å². The SMILES string of the molecule is C=C[C@H](c1ccc(OC)cc1C)N1CCNCC1.Cl.Cl. The molecule has 0 aromatic heterocycles. The normalized spacial score (nSPS) is 16.5. The zero-order chi connectivity index (χ0) is 13.0. The van der Waals surface area contributed by atoms with Gasteiger partial charge >= 0.3 is 0 Å². The van der Waals surface area contributed by atoms with Crippen molar-refractivity contribution < 1.29 is 4.74 Å². The van der Waals surface area contributed by atoms with Crippen molar-refractivity contribution in [1.82, 2.24) is 10.2 Å². The zero-order valence-corrected chi connectivity index (χ0v) is 13.7. The van der Waals surface area contributed by atoms with Gasteiger partial charge in [-0.2, -0.15) is 0 Å². The van der Waals surface area contributed by atoms with Crippen molar-refractivity contribution in [3.63, 3.8) is 0 Å². The topological polar surface area (TPSA) is 24.5 Å². The number of ether oxygens (including phenoxy) is 1. The van der Waals surface area contributed by atoms with Gasteiger partial charge in [0.25, 0.3) is 0 Å². The van der Waals surface area contributed by atoms with Gasteiger partial charge in [-0.15, -0.1) is 31.4 Å². The van der Waals surface area contributed by atoms with Crippen LogP contribution >= 0.6 is 24.8 Å². The average Bonchev–Trinajstić information content (AvgIpc) is 2.42. The van der Waals surface area contributed by atoms with Crippen LogP contribution < -0.4 is 10.1 Å². The number of nitrogens with one attached hydrogen (secondary N) is 1. The summed E-state index contributed by atoms with van der Waals surface area (Å²) in [4.78, 5) is 2.47. The molecule has 0 amide bonds. The lowest BCUT2D eigenvalue weighted by Crippen LogP contribution is -2.44. The molecule has 0 aliphatic carbocycles. The monoisotopic (exact) mass is 318 g/mol. The first kappa shape index (κ1) is 19.3. The number of rotatable bonds is 4. The minimum Gasteiger partial charge on any atom is -0.497 e. The number of hydrogen-bond donors (Lipinski definition) is 1. The van der Waals surface area contributed by atoms with Crippen LogP contribution in [-0.4, -0.2) is 38.2 Å². The van der Waals surface area contributed by atoms with E-state index in [4.69, 9.17) is 4.74 Å². The average molecular weight is 319 g/mol. The van der Waals surface area contributed by atoms with Gasteiger partial charge in [0, 0.05) is 26.2 Å². The lowest BCUT2D eigenvalue weighted by Gasteiger charge is -2.34. The van der Waals surface area contributed by atoms with E-state index in [0.29, 0.717) is 6.04 Å². The summed E-state index contributed by atoms with van der Waals surface area (Å²) in [5.41, 5.74) is 2.59. The highest BCUT2D eigenvalue weighted by Gasteiger charge is 2.20. The highest BCUT2D eigenvalue weighted by molar-refractivity contribution is 5.85. The summed E-state index contributed by atoms with van der Waals surface area (Å²) in [5, 5.41) is 3.38. The molecule has 1 fully saturated rings. The molecule has 0 radical (unpaired) electrons. The van der Waals surface area contributed by atoms with Gasteiger partial charge in [0.15, 0.2) is 0 Å². The first-order chi connectivity index (χ1) is 8.76. The maximum atomic E-state index is 5.26. The van der Waals surface area contributed by atoms with E-state index >= 15 is 0 Å². The van der Waals surface area contributed by atoms with Crippen molar-refractivity contribution in [3.8, 4) is 5.75 Å². The van der Waals surface area contributed by atoms with E-state index in [1.54, 1.807) is 7.11 Å². The lowest BCUT2D eigenvalue weighted by molar-refractivity contribution is 0.203. The van der Waals surface area contributed by atoms with Crippen molar-refractivity contribution in [2.75, 3.05) is 33.3 Å². The molecule has 3 nitrogen and oxygen atoms in total. The molecule has 1 aromatic rings. The summed E-state index contributed by atoms with van der Waals surface area (Å²) < 4.78 is 5.26. The van der Waals surface area contributed by atoms with Gasteiger partial charge in [-0.3, -0.25) is 4.90 Å². The number of benzene rings is 1. The number of hydrogen-bond acceptors (Lipinski definition) is 3. The van der Waals surface area contributed by atoms with Crippen LogP contribution in [0.15, 0.2) is 30.9 Å². The van der Waals surface area contributed by atoms with Crippen LogP contribution in [0, 0.1) is 6.92 Å². The minimum atomic E-state index is 0. The molecule has 0 spiro atoms. The molecule has 20 heavy (non-hydrogen) atoms. The van der Waals surface area contributed by atoms with Gasteiger partial charge in [-0.25, -0.2) is 0 Å². The van der Waals surface area contributed by atoms with Gasteiger partial charge in [0.2, 0.25) is 0 Å². The third-order valence-electron chi connectivity index (χ3n) is 3.56. The highest BCUT2D eigenvalue weighted by Crippen LogP contribution is 2.27. The summed E-state index contributed by atoms with van der Waals surface area (Å²) in [6, 6.07) is 6.58. The van der Waals surface area contributed by atoms with E-state index in [0.717, 1.165) is 31.9 Å². The predicted octanol–water partition coefficient (Wildman–Crippen LogP) is 2.98. The highest BCUT2D eigenvalue weighted by atomic mass is 35.5. The van der Waals surface area contributed by atoms with E-state index in [1.807, 2.05) is 12.1 Å². The quantitative estimate of drug-likeness (QED) is 0.864. The lowest BCUT2D eigenvalue weighted by atomic mass is 9.99. The molecule has 1 heterocycles. The second kappa shape index (κ2) is 9.24. The van der Waals surface area contributed by atoms with Crippen LogP contribution in [0.3, 0.4) is 0 Å². The molecule has 0 bridgehead atoms. The predicted molar refractivity (Wildman–Crippen MR) is 89.6 cm³/mol. The minimum absolute atomic E-state index is 0. The van der Waals surface area contributed by atoms with Gasteiger partial charge in [-0.1, -0.05) is 12.1 Å². The Morgan fingerprint density at radius 3 is 2.45 bits per heavy atom. The maximum absolute atomic E-state index is 5.26. The van der Waals surface area contributed by atoms with Gasteiger partial charge < -0.3 is 10.1 Å². The fraction of sp³-hybridized carbons (Fsp3) is 0.467. The Morgan fingerprint density at radius 2 is 1.95 bits per heavy atom. The summed E-state index contributed by atoms with van der Waals surface area (Å²) in [5.74, 6) is 0.916. The van der Waals surface area contributed by atoms with Crippen molar-refractivity contribution in [2.24, 2.45) is 0 Å². The number of piperazine rings is 1. The fourth-order valence-corrected chi connectivity index (χ4v) is 2.54. The molecular weight excluding hydrogens is 295 g/mol. The second-order valence-electron chi connectivity index (χ2n) is 4.69. The van der Waals surface area contributed by atoms with Crippen molar-refractivity contribution >= 4 is 24.8 Å². The maximum Gasteiger partial charge on any atom is 0.119 e. The molecule has 114 valence electrons. The smallest absolute Gasteiger partial charge is 0.119 e. The molecule has 0 unspecified atom stereocenters. The first-order valence-corrected chi connectivity index (χ1v) is 6.48. The molecule has 1 aliphatic rings. The van der Waals surface area contributed by atoms with Crippen LogP contribution in [-0.2, 0) is 0 Å². The van der Waals surface area contributed by atoms with E-state index < -0.39 is 0 Å². The van der Waals surface area contributed by atoms with E-state index in [1.165, 1.54) is 11.1 Å². The third kappa shape index (κ3) is 4.38. The Bertz CT molecular complexity index is 420. The Balaban J connectivity index is 0.00000180. The number of halogens is 2. The molecule has 1 aromatic carbocycles. The fourth-order valence-electron chi connectivity index (χ4n) is 2.54. The van der Waals surface area contributed by atoms with E-state index in [2.05, 4.69) is 35.9 Å². The van der Waals surface area contributed by atoms with Crippen LogP contribution in [0.1, 0.15) is 17.2 Å². The van der Waals surface area contributed by atoms with Gasteiger partial charge in [-0.05, 0) is 30.2 Å². The number of nitrogens with zero attached hydrogens (tertiary/aromatic N) is 1. The standard InChI is InChI=1S/C15H22N2O.2ClH/c1-4-15(17-9-7-16-8-10-17)14-6-5-13(18-3)11-12(14)2;;/h4-6,11,15-16H,1,7-10H2,2-3H3;2*1H/t15-;;/m1../s1. The summed E-state index contributed by atoms with van der Waals surface area (Å²) >= 11 is 0. The molecule has 1 atom stereocenters. The molecule has 2 rings (SSSR count). The summed E-state index contributed by atoms with van der Waals surface area (Å²) in [7, 11) is 1.70. The Labute approximate surface area is 134 Å². The van der Waals surface area contributed by atoms with Gasteiger partial charge in [0.05, 0.1) is 13.2 Å². The molecular formula is C15H24Cl2N2O. The first-order valence-electron chi connectivity index (χ1n) is 6.48. The molecule has 0 saturated carbocycles. The summed E-state index contributed by atoms with van der Waals surface area (Å²) in [6.07, 6.45) is 2.04. The third-order valence-corrected chi connectivity index (χ3v) is 3.56. The largest absolute Gasteiger partial charge is 0.497 e. The van der Waals surface area contributed by atoms with Crippen LogP contribution in [0.2, 0.25) is 0 Å².